The molecular formula is C25H24N6O2. The van der Waals surface area contributed by atoms with Crippen molar-refractivity contribution in [3.63, 3.8) is 0 Å². The van der Waals surface area contributed by atoms with Gasteiger partial charge in [-0.15, -0.1) is 0 Å². The first-order valence-corrected chi connectivity index (χ1v) is 10.6. The minimum atomic E-state index is -0.0473. The Morgan fingerprint density at radius 1 is 1.06 bits per heavy atom. The van der Waals surface area contributed by atoms with E-state index in [0.717, 1.165) is 44.8 Å². The number of nitrogens with one attached hydrogen (secondary N) is 2. The van der Waals surface area contributed by atoms with Gasteiger partial charge in [-0.3, -0.25) is 4.79 Å². The van der Waals surface area contributed by atoms with Crippen LogP contribution in [0.3, 0.4) is 0 Å². The van der Waals surface area contributed by atoms with Crippen LogP contribution < -0.4 is 10.5 Å². The number of ether oxygens (including phenoxy) is 1. The molecule has 0 atom stereocenters. The van der Waals surface area contributed by atoms with Crippen molar-refractivity contribution in [3.05, 3.63) is 71.5 Å². The monoisotopic (exact) mass is 440 g/mol. The first-order chi connectivity index (χ1) is 15.9. The molecule has 2 aromatic carbocycles. The molecule has 0 saturated heterocycles. The van der Waals surface area contributed by atoms with Crippen LogP contribution in [0.1, 0.15) is 21.7 Å². The van der Waals surface area contributed by atoms with Crippen LogP contribution in [0.5, 0.6) is 5.75 Å². The number of benzene rings is 2. The number of pyridine rings is 1. The second kappa shape index (κ2) is 7.98. The smallest absolute Gasteiger partial charge is 0.253 e. The van der Waals surface area contributed by atoms with Crippen LogP contribution in [-0.4, -0.2) is 44.9 Å². The van der Waals surface area contributed by atoms with E-state index in [9.17, 15) is 4.79 Å². The Kier molecular flexibility index (Phi) is 4.97. The molecule has 166 valence electrons. The number of H-pyrrole nitrogens is 2. The third kappa shape index (κ3) is 3.87. The lowest BCUT2D eigenvalue weighted by molar-refractivity contribution is 0.0785. The van der Waals surface area contributed by atoms with Gasteiger partial charge in [0, 0.05) is 41.3 Å². The maximum Gasteiger partial charge on any atom is 0.253 e. The van der Waals surface area contributed by atoms with Gasteiger partial charge in [0.05, 0.1) is 7.11 Å². The predicted octanol–water partition coefficient (Wildman–Crippen LogP) is 4.28. The number of methoxy groups -OCH3 is 1. The van der Waals surface area contributed by atoms with E-state index < -0.39 is 0 Å². The van der Waals surface area contributed by atoms with Crippen LogP contribution in [0, 0.1) is 6.92 Å². The van der Waals surface area contributed by atoms with Crippen LogP contribution >= 0.6 is 0 Å². The lowest BCUT2D eigenvalue weighted by atomic mass is 10.1. The Labute approximate surface area is 190 Å². The summed E-state index contributed by atoms with van der Waals surface area (Å²) in [6.07, 6.45) is 0. The molecule has 3 heterocycles. The average Bonchev–Trinajstić information content (AvgIpc) is 3.40. The number of imidazole rings is 1. The average molecular weight is 441 g/mol. The number of anilines is 1. The first kappa shape index (κ1) is 20.6. The first-order valence-electron chi connectivity index (χ1n) is 10.6. The van der Waals surface area contributed by atoms with Gasteiger partial charge in [-0.1, -0.05) is 12.1 Å². The van der Waals surface area contributed by atoms with Crippen molar-refractivity contribution < 1.29 is 9.53 Å². The van der Waals surface area contributed by atoms with Crippen LogP contribution in [0.4, 0.5) is 5.82 Å². The molecule has 0 unspecified atom stereocenters. The summed E-state index contributed by atoms with van der Waals surface area (Å²) in [6, 6.07) is 17.2. The molecule has 33 heavy (non-hydrogen) atoms. The minimum Gasteiger partial charge on any atom is -0.497 e. The Morgan fingerprint density at radius 2 is 1.85 bits per heavy atom. The molecule has 0 bridgehead atoms. The van der Waals surface area contributed by atoms with Gasteiger partial charge in [0.2, 0.25) is 0 Å². The molecule has 0 radical (unpaired) electrons. The van der Waals surface area contributed by atoms with E-state index in [2.05, 4.69) is 19.9 Å². The van der Waals surface area contributed by atoms with Crippen molar-refractivity contribution in [1.82, 2.24) is 24.8 Å². The fraction of sp³-hybridized carbons (Fsp3) is 0.160. The Balaban J connectivity index is 1.44. The number of hydrogen-bond acceptors (Lipinski definition) is 5. The number of aromatic amines is 2. The van der Waals surface area contributed by atoms with Gasteiger partial charge in [0.25, 0.3) is 5.91 Å². The van der Waals surface area contributed by atoms with E-state index in [-0.39, 0.29) is 5.91 Å². The van der Waals surface area contributed by atoms with Gasteiger partial charge in [-0.25, -0.2) is 9.97 Å². The molecule has 0 fully saturated rings. The maximum atomic E-state index is 13.1. The molecule has 5 rings (SSSR count). The molecule has 4 N–H and O–H groups in total. The largest absolute Gasteiger partial charge is 0.497 e. The summed E-state index contributed by atoms with van der Waals surface area (Å²) >= 11 is 0. The van der Waals surface area contributed by atoms with Crippen LogP contribution in [-0.2, 0) is 6.54 Å². The number of nitrogen functional groups attached to an aromatic ring is 1. The highest BCUT2D eigenvalue weighted by atomic mass is 16.5. The van der Waals surface area contributed by atoms with E-state index in [1.54, 1.807) is 19.1 Å². The second-order valence-corrected chi connectivity index (χ2v) is 8.11. The molecule has 0 spiro atoms. The Morgan fingerprint density at radius 3 is 2.61 bits per heavy atom. The number of fused-ring (bicyclic) bond motifs is 2. The lowest BCUT2D eigenvalue weighted by Crippen LogP contribution is -2.26. The van der Waals surface area contributed by atoms with Gasteiger partial charge < -0.3 is 25.3 Å². The number of hydrogen-bond donors (Lipinski definition) is 3. The van der Waals surface area contributed by atoms with E-state index >= 15 is 0 Å². The van der Waals surface area contributed by atoms with Crippen LogP contribution in [0.2, 0.25) is 0 Å². The quantitative estimate of drug-likeness (QED) is 0.378. The van der Waals surface area contributed by atoms with Crippen molar-refractivity contribution in [3.8, 4) is 17.0 Å². The molecule has 0 aliphatic carbocycles. The van der Waals surface area contributed by atoms with Crippen molar-refractivity contribution in [1.29, 1.82) is 0 Å². The summed E-state index contributed by atoms with van der Waals surface area (Å²) in [5.41, 5.74) is 11.7. The number of aromatic nitrogens is 4. The van der Waals surface area contributed by atoms with E-state index in [1.165, 1.54) is 0 Å². The van der Waals surface area contributed by atoms with Crippen LogP contribution in [0.25, 0.3) is 33.3 Å². The summed E-state index contributed by atoms with van der Waals surface area (Å²) in [6.45, 7) is 2.39. The lowest BCUT2D eigenvalue weighted by Gasteiger charge is -2.17. The number of carbonyl (C=O) groups excluding carboxylic acids is 1. The summed E-state index contributed by atoms with van der Waals surface area (Å²) in [5, 5.41) is 0.935. The predicted molar refractivity (Wildman–Crippen MR) is 129 cm³/mol. The molecule has 0 aliphatic rings. The van der Waals surface area contributed by atoms with Crippen molar-refractivity contribution in [2.24, 2.45) is 0 Å². The number of nitrogens with two attached hydrogens (primary N) is 1. The Hall–Kier alpha value is -4.33. The number of nitrogens with zero attached hydrogens (tertiary/aromatic N) is 3. The number of rotatable bonds is 5. The number of aryl methyl sites for hydroxylation is 1. The van der Waals surface area contributed by atoms with E-state index in [1.807, 2.05) is 61.5 Å². The number of amides is 1. The summed E-state index contributed by atoms with van der Waals surface area (Å²) in [7, 11) is 3.44. The maximum absolute atomic E-state index is 13.1. The standard InChI is InChI=1S/C25H24N6O2/c1-14-27-23-19(12-22(26)30-24(23)28-14)21-11-17-10-16(6-9-20(17)29-21)25(32)31(2)13-15-4-7-18(33-3)8-5-15/h4-12,29H,13H2,1-3H3,(H3,26,27,28,30). The molecule has 1 amide bonds. The molecule has 8 heteroatoms. The molecule has 5 aromatic rings. The highest BCUT2D eigenvalue weighted by Gasteiger charge is 2.16. The third-order valence-corrected chi connectivity index (χ3v) is 5.67. The highest BCUT2D eigenvalue weighted by molar-refractivity contribution is 6.00. The zero-order valence-corrected chi connectivity index (χ0v) is 18.6. The van der Waals surface area contributed by atoms with Gasteiger partial charge in [-0.05, 0) is 55.0 Å². The van der Waals surface area contributed by atoms with Gasteiger partial charge in [0.1, 0.15) is 22.9 Å². The zero-order valence-electron chi connectivity index (χ0n) is 18.6. The SMILES string of the molecule is COc1ccc(CN(C)C(=O)c2ccc3[nH]c(-c4cc(N)nc5[nH]c(C)nc45)cc3c2)cc1. The van der Waals surface area contributed by atoms with Crippen molar-refractivity contribution >= 4 is 33.8 Å². The topological polar surface area (TPSA) is 113 Å². The van der Waals surface area contributed by atoms with Crippen molar-refractivity contribution in [2.75, 3.05) is 19.9 Å². The van der Waals surface area contributed by atoms with Gasteiger partial charge in [0.15, 0.2) is 5.65 Å². The van der Waals surface area contributed by atoms with Gasteiger partial charge in [-0.2, -0.15) is 0 Å². The van der Waals surface area contributed by atoms with Crippen LogP contribution in [0.15, 0.2) is 54.6 Å². The molecule has 0 saturated carbocycles. The molecule has 8 nitrogen and oxygen atoms in total. The fourth-order valence-electron chi connectivity index (χ4n) is 4.04. The summed E-state index contributed by atoms with van der Waals surface area (Å²) in [4.78, 5) is 30.2. The van der Waals surface area contributed by atoms with E-state index in [4.69, 9.17) is 10.5 Å². The van der Waals surface area contributed by atoms with Gasteiger partial charge >= 0.3 is 0 Å². The molecule has 3 aromatic heterocycles. The Bertz CT molecular complexity index is 1480. The molecule has 0 aliphatic heterocycles. The third-order valence-electron chi connectivity index (χ3n) is 5.67. The summed E-state index contributed by atoms with van der Waals surface area (Å²) in [5.74, 6) is 1.93. The highest BCUT2D eigenvalue weighted by Crippen LogP contribution is 2.31. The fourth-order valence-corrected chi connectivity index (χ4v) is 4.04. The van der Waals surface area contributed by atoms with Crippen molar-refractivity contribution in [2.45, 2.75) is 13.5 Å². The zero-order chi connectivity index (χ0) is 23.1. The normalized spacial score (nSPS) is 11.2. The molecular weight excluding hydrogens is 416 g/mol. The van der Waals surface area contributed by atoms with E-state index in [0.29, 0.717) is 23.6 Å². The summed E-state index contributed by atoms with van der Waals surface area (Å²) < 4.78 is 5.20. The minimum absolute atomic E-state index is 0.0473. The second-order valence-electron chi connectivity index (χ2n) is 8.11. The number of carbonyl (C=O) groups is 1.